The average molecular weight is 325 g/mol. The zero-order valence-corrected chi connectivity index (χ0v) is 12.1. The molecule has 1 amide bonds. The van der Waals surface area contributed by atoms with Gasteiger partial charge in [-0.3, -0.25) is 4.79 Å². The first-order valence-corrected chi connectivity index (χ1v) is 7.15. The summed E-state index contributed by atoms with van der Waals surface area (Å²) in [7, 11) is 0. The Morgan fingerprint density at radius 1 is 1.28 bits per heavy atom. The molecule has 2 rings (SSSR count). The van der Waals surface area contributed by atoms with Gasteiger partial charge in [-0.25, -0.2) is 0 Å². The number of thiophene rings is 1. The Hall–Kier alpha value is -1.17. The molecular weight excluding hydrogens is 312 g/mol. The molecule has 0 radical (unpaired) electrons. The Balaban J connectivity index is 1.84. The molecule has 1 heterocycles. The van der Waals surface area contributed by atoms with Gasteiger partial charge in [-0.1, -0.05) is 28.1 Å². The van der Waals surface area contributed by atoms with E-state index in [4.69, 9.17) is 5.73 Å². The lowest BCUT2D eigenvalue weighted by Gasteiger charge is -2.03. The monoisotopic (exact) mass is 324 g/mol. The number of halogens is 1. The van der Waals surface area contributed by atoms with E-state index in [0.717, 1.165) is 22.4 Å². The second kappa shape index (κ2) is 6.13. The molecule has 0 fully saturated rings. The zero-order valence-electron chi connectivity index (χ0n) is 9.65. The van der Waals surface area contributed by atoms with Crippen molar-refractivity contribution < 1.29 is 4.79 Å². The summed E-state index contributed by atoms with van der Waals surface area (Å²) in [5.41, 5.74) is 7.01. The Kier molecular flexibility index (Phi) is 4.52. The van der Waals surface area contributed by atoms with Crippen molar-refractivity contribution in [2.75, 3.05) is 0 Å². The van der Waals surface area contributed by atoms with Crippen molar-refractivity contribution in [3.63, 3.8) is 0 Å². The number of carbonyl (C=O) groups excluding carboxylic acids is 1. The third-order valence-corrected chi connectivity index (χ3v) is 3.95. The minimum Gasteiger partial charge on any atom is -0.366 e. The molecule has 18 heavy (non-hydrogen) atoms. The topological polar surface area (TPSA) is 55.1 Å². The van der Waals surface area contributed by atoms with Gasteiger partial charge in [-0.2, -0.15) is 0 Å². The molecule has 0 atom stereocenters. The predicted octanol–water partition coefficient (Wildman–Crippen LogP) is 2.90. The lowest BCUT2D eigenvalue weighted by Crippen LogP contribution is -2.12. The van der Waals surface area contributed by atoms with Gasteiger partial charge in [0, 0.05) is 27.8 Å². The van der Waals surface area contributed by atoms with E-state index in [-0.39, 0.29) is 5.91 Å². The summed E-state index contributed by atoms with van der Waals surface area (Å²) in [5, 5.41) is 5.12. The Labute approximate surface area is 118 Å². The fourth-order valence-electron chi connectivity index (χ4n) is 1.53. The molecular formula is C13H13BrN2OS. The first kappa shape index (κ1) is 13.3. The van der Waals surface area contributed by atoms with E-state index in [1.165, 1.54) is 5.56 Å². The minimum absolute atomic E-state index is 0.370. The molecule has 2 aromatic rings. The normalized spacial score (nSPS) is 10.5. The maximum atomic E-state index is 10.9. The van der Waals surface area contributed by atoms with Crippen LogP contribution in [-0.4, -0.2) is 5.91 Å². The van der Waals surface area contributed by atoms with E-state index in [1.807, 2.05) is 18.2 Å². The van der Waals surface area contributed by atoms with Gasteiger partial charge >= 0.3 is 0 Å². The van der Waals surface area contributed by atoms with Crippen molar-refractivity contribution in [1.29, 1.82) is 0 Å². The van der Waals surface area contributed by atoms with E-state index < -0.39 is 0 Å². The molecule has 0 aliphatic carbocycles. The first-order chi connectivity index (χ1) is 8.65. The highest BCUT2D eigenvalue weighted by Crippen LogP contribution is 2.14. The Morgan fingerprint density at radius 3 is 2.61 bits per heavy atom. The van der Waals surface area contributed by atoms with Crippen LogP contribution in [0.25, 0.3) is 0 Å². The number of carbonyl (C=O) groups is 1. The highest BCUT2D eigenvalue weighted by Gasteiger charge is 2.04. The second-order valence-electron chi connectivity index (χ2n) is 3.90. The van der Waals surface area contributed by atoms with Gasteiger partial charge in [0.25, 0.3) is 0 Å². The molecule has 0 aliphatic rings. The van der Waals surface area contributed by atoms with E-state index in [0.29, 0.717) is 5.56 Å². The summed E-state index contributed by atoms with van der Waals surface area (Å²) in [6, 6.07) is 10.0. The fourth-order valence-corrected chi connectivity index (χ4v) is 2.64. The quantitative estimate of drug-likeness (QED) is 0.888. The smallest absolute Gasteiger partial charge is 0.249 e. The van der Waals surface area contributed by atoms with Crippen molar-refractivity contribution in [3.8, 4) is 0 Å². The number of primary amides is 1. The highest BCUT2D eigenvalue weighted by atomic mass is 79.9. The predicted molar refractivity (Wildman–Crippen MR) is 77.5 cm³/mol. The maximum Gasteiger partial charge on any atom is 0.249 e. The zero-order chi connectivity index (χ0) is 13.0. The first-order valence-electron chi connectivity index (χ1n) is 5.47. The Morgan fingerprint density at radius 2 is 2.00 bits per heavy atom. The molecule has 94 valence electrons. The number of rotatable bonds is 5. The van der Waals surface area contributed by atoms with Gasteiger partial charge in [0.1, 0.15) is 0 Å². The van der Waals surface area contributed by atoms with E-state index >= 15 is 0 Å². The third-order valence-electron chi connectivity index (χ3n) is 2.48. The van der Waals surface area contributed by atoms with E-state index in [2.05, 4.69) is 33.4 Å². The van der Waals surface area contributed by atoms with Crippen LogP contribution in [0.3, 0.4) is 0 Å². The molecule has 5 heteroatoms. The summed E-state index contributed by atoms with van der Waals surface area (Å²) in [5.74, 6) is -0.370. The van der Waals surface area contributed by atoms with Crippen molar-refractivity contribution in [1.82, 2.24) is 5.32 Å². The lowest BCUT2D eigenvalue weighted by atomic mass is 10.2. The molecule has 1 aromatic heterocycles. The van der Waals surface area contributed by atoms with Crippen molar-refractivity contribution >= 4 is 33.2 Å². The van der Waals surface area contributed by atoms with Crippen LogP contribution < -0.4 is 11.1 Å². The fraction of sp³-hybridized carbons (Fsp3) is 0.154. The van der Waals surface area contributed by atoms with E-state index in [1.54, 1.807) is 16.7 Å². The van der Waals surface area contributed by atoms with Crippen LogP contribution in [0.2, 0.25) is 0 Å². The lowest BCUT2D eigenvalue weighted by molar-refractivity contribution is 0.100. The second-order valence-corrected chi connectivity index (χ2v) is 5.81. The summed E-state index contributed by atoms with van der Waals surface area (Å²) in [6.07, 6.45) is 0. The van der Waals surface area contributed by atoms with Gasteiger partial charge in [0.15, 0.2) is 0 Å². The number of hydrogen-bond acceptors (Lipinski definition) is 3. The summed E-state index contributed by atoms with van der Waals surface area (Å²) < 4.78 is 1.08. The molecule has 0 spiro atoms. The number of nitrogens with two attached hydrogens (primary N) is 1. The number of amides is 1. The van der Waals surface area contributed by atoms with Crippen LogP contribution in [0.1, 0.15) is 20.8 Å². The van der Waals surface area contributed by atoms with Gasteiger partial charge in [0.05, 0.1) is 5.56 Å². The minimum atomic E-state index is -0.370. The molecule has 3 nitrogen and oxygen atoms in total. The van der Waals surface area contributed by atoms with Crippen molar-refractivity contribution in [2.24, 2.45) is 5.73 Å². The molecule has 1 aromatic carbocycles. The summed E-state index contributed by atoms with van der Waals surface area (Å²) in [6.45, 7) is 1.55. The van der Waals surface area contributed by atoms with Crippen LogP contribution in [0.4, 0.5) is 0 Å². The summed E-state index contributed by atoms with van der Waals surface area (Å²) in [4.78, 5) is 12.1. The third kappa shape index (κ3) is 3.66. The standard InChI is InChI=1S/C13H13BrN2OS/c14-11-3-1-9(2-4-11)6-16-7-12-5-10(8-18-12)13(15)17/h1-5,8,16H,6-7H2,(H2,15,17). The van der Waals surface area contributed by atoms with Crippen LogP contribution in [0, 0.1) is 0 Å². The summed E-state index contributed by atoms with van der Waals surface area (Å²) >= 11 is 4.95. The van der Waals surface area contributed by atoms with Gasteiger partial charge in [0.2, 0.25) is 5.91 Å². The molecule has 0 bridgehead atoms. The highest BCUT2D eigenvalue weighted by molar-refractivity contribution is 9.10. The molecule has 0 aliphatic heterocycles. The Bertz CT molecular complexity index is 536. The van der Waals surface area contributed by atoms with Gasteiger partial charge < -0.3 is 11.1 Å². The van der Waals surface area contributed by atoms with Crippen LogP contribution in [0.5, 0.6) is 0 Å². The van der Waals surface area contributed by atoms with Crippen molar-refractivity contribution in [2.45, 2.75) is 13.1 Å². The number of nitrogens with one attached hydrogen (secondary N) is 1. The van der Waals surface area contributed by atoms with E-state index in [9.17, 15) is 4.79 Å². The van der Waals surface area contributed by atoms with Crippen LogP contribution in [-0.2, 0) is 13.1 Å². The molecule has 0 unspecified atom stereocenters. The largest absolute Gasteiger partial charge is 0.366 e. The average Bonchev–Trinajstić information content (AvgIpc) is 2.81. The molecule has 0 saturated heterocycles. The number of benzene rings is 1. The van der Waals surface area contributed by atoms with Gasteiger partial charge in [-0.15, -0.1) is 11.3 Å². The maximum absolute atomic E-state index is 10.9. The molecule has 0 saturated carbocycles. The number of hydrogen-bond donors (Lipinski definition) is 2. The van der Waals surface area contributed by atoms with Gasteiger partial charge in [-0.05, 0) is 23.8 Å². The van der Waals surface area contributed by atoms with Crippen LogP contribution in [0.15, 0.2) is 40.2 Å². The molecule has 3 N–H and O–H groups in total. The van der Waals surface area contributed by atoms with Crippen LogP contribution >= 0.6 is 27.3 Å². The SMILES string of the molecule is NC(=O)c1csc(CNCc2ccc(Br)cc2)c1. The van der Waals surface area contributed by atoms with Crippen molar-refractivity contribution in [3.05, 3.63) is 56.2 Å².